The number of piperidine rings is 1. The van der Waals surface area contributed by atoms with Gasteiger partial charge in [-0.05, 0) is 51.3 Å². The molecule has 1 saturated heterocycles. The maximum absolute atomic E-state index is 12.9. The Morgan fingerprint density at radius 2 is 2.00 bits per heavy atom. The zero-order chi connectivity index (χ0) is 17.3. The Kier molecular flexibility index (Phi) is 4.55. The minimum absolute atomic E-state index is 0.0221. The predicted octanol–water partition coefficient (Wildman–Crippen LogP) is 2.37. The summed E-state index contributed by atoms with van der Waals surface area (Å²) in [6.45, 7) is 7.22. The first-order valence-corrected chi connectivity index (χ1v) is 8.42. The van der Waals surface area contributed by atoms with E-state index in [2.05, 4.69) is 4.98 Å². The first-order valence-electron chi connectivity index (χ1n) is 8.42. The van der Waals surface area contributed by atoms with E-state index in [1.165, 1.54) is 0 Å². The van der Waals surface area contributed by atoms with Gasteiger partial charge >= 0.3 is 5.97 Å². The van der Waals surface area contributed by atoms with E-state index in [1.54, 1.807) is 0 Å². The van der Waals surface area contributed by atoms with E-state index in [0.29, 0.717) is 38.2 Å². The van der Waals surface area contributed by atoms with Gasteiger partial charge in [-0.3, -0.25) is 14.0 Å². The zero-order valence-electron chi connectivity index (χ0n) is 14.4. The van der Waals surface area contributed by atoms with E-state index in [1.807, 2.05) is 48.4 Å². The summed E-state index contributed by atoms with van der Waals surface area (Å²) < 4.78 is 6.93. The van der Waals surface area contributed by atoms with Crippen molar-refractivity contribution < 1.29 is 14.3 Å². The third-order valence-corrected chi connectivity index (χ3v) is 4.56. The highest BCUT2D eigenvalue weighted by Gasteiger charge is 2.30. The Hall–Kier alpha value is -2.37. The molecule has 1 fully saturated rings. The molecule has 24 heavy (non-hydrogen) atoms. The van der Waals surface area contributed by atoms with Crippen molar-refractivity contribution >= 4 is 17.5 Å². The molecule has 0 atom stereocenters. The van der Waals surface area contributed by atoms with Crippen LogP contribution in [0.2, 0.25) is 0 Å². The van der Waals surface area contributed by atoms with Gasteiger partial charge in [0.05, 0.1) is 18.2 Å². The van der Waals surface area contributed by atoms with Gasteiger partial charge in [0.15, 0.2) is 0 Å². The van der Waals surface area contributed by atoms with Crippen LogP contribution in [0.15, 0.2) is 18.3 Å². The van der Waals surface area contributed by atoms with Crippen LogP contribution >= 0.6 is 0 Å². The first kappa shape index (κ1) is 16.5. The molecule has 0 aromatic carbocycles. The van der Waals surface area contributed by atoms with Gasteiger partial charge in [-0.2, -0.15) is 0 Å². The molecule has 0 radical (unpaired) electrons. The fraction of sp³-hybridized carbons (Fsp3) is 0.500. The van der Waals surface area contributed by atoms with Crippen molar-refractivity contribution in [2.24, 2.45) is 5.92 Å². The van der Waals surface area contributed by atoms with Crippen LogP contribution in [0.25, 0.3) is 5.65 Å². The molecule has 0 unspecified atom stereocenters. The number of aryl methyl sites for hydroxylation is 2. The molecule has 3 heterocycles. The Bertz CT molecular complexity index is 773. The number of rotatable bonds is 3. The fourth-order valence-electron chi connectivity index (χ4n) is 3.25. The molecule has 0 spiro atoms. The monoisotopic (exact) mass is 329 g/mol. The Morgan fingerprint density at radius 1 is 1.29 bits per heavy atom. The van der Waals surface area contributed by atoms with Gasteiger partial charge in [0.2, 0.25) is 0 Å². The first-order chi connectivity index (χ1) is 11.5. The molecule has 6 nitrogen and oxygen atoms in total. The number of hydrogen-bond donors (Lipinski definition) is 0. The van der Waals surface area contributed by atoms with E-state index in [-0.39, 0.29) is 17.8 Å². The molecule has 1 amide bonds. The summed E-state index contributed by atoms with van der Waals surface area (Å²) in [6.07, 6.45) is 3.20. The van der Waals surface area contributed by atoms with Crippen molar-refractivity contribution in [1.82, 2.24) is 14.3 Å². The second-order valence-corrected chi connectivity index (χ2v) is 6.30. The number of nitrogens with zero attached hydrogens (tertiary/aromatic N) is 3. The molecule has 128 valence electrons. The van der Waals surface area contributed by atoms with E-state index in [0.717, 1.165) is 16.9 Å². The van der Waals surface area contributed by atoms with Gasteiger partial charge in [-0.1, -0.05) is 0 Å². The predicted molar refractivity (Wildman–Crippen MR) is 89.9 cm³/mol. The summed E-state index contributed by atoms with van der Waals surface area (Å²) in [4.78, 5) is 31.1. The van der Waals surface area contributed by atoms with Gasteiger partial charge in [0, 0.05) is 19.3 Å². The van der Waals surface area contributed by atoms with Crippen LogP contribution in [0.3, 0.4) is 0 Å². The van der Waals surface area contributed by atoms with Crippen LogP contribution < -0.4 is 0 Å². The minimum atomic E-state index is -0.147. The molecule has 6 heteroatoms. The number of ether oxygens (including phenoxy) is 1. The van der Waals surface area contributed by atoms with Crippen molar-refractivity contribution in [2.45, 2.75) is 33.6 Å². The van der Waals surface area contributed by atoms with Gasteiger partial charge < -0.3 is 9.64 Å². The second kappa shape index (κ2) is 6.63. The normalized spacial score (nSPS) is 15.7. The minimum Gasteiger partial charge on any atom is -0.466 e. The maximum atomic E-state index is 12.9. The topological polar surface area (TPSA) is 63.9 Å². The number of carbonyl (C=O) groups is 2. The van der Waals surface area contributed by atoms with Gasteiger partial charge in [-0.15, -0.1) is 0 Å². The van der Waals surface area contributed by atoms with Crippen molar-refractivity contribution in [2.75, 3.05) is 19.7 Å². The fourth-order valence-corrected chi connectivity index (χ4v) is 3.25. The highest BCUT2D eigenvalue weighted by Crippen LogP contribution is 2.22. The number of carbonyl (C=O) groups excluding carboxylic acids is 2. The van der Waals surface area contributed by atoms with E-state index in [4.69, 9.17) is 4.74 Å². The molecule has 3 rings (SSSR count). The van der Waals surface area contributed by atoms with Crippen LogP contribution in [-0.4, -0.2) is 45.9 Å². The zero-order valence-corrected chi connectivity index (χ0v) is 14.4. The smallest absolute Gasteiger partial charge is 0.309 e. The lowest BCUT2D eigenvalue weighted by Gasteiger charge is -2.30. The number of likely N-dealkylation sites (tertiary alicyclic amines) is 1. The van der Waals surface area contributed by atoms with Crippen molar-refractivity contribution in [3.8, 4) is 0 Å². The second-order valence-electron chi connectivity index (χ2n) is 6.30. The Labute approximate surface area is 141 Å². The van der Waals surface area contributed by atoms with E-state index < -0.39 is 0 Å². The number of aromatic nitrogens is 2. The van der Waals surface area contributed by atoms with E-state index >= 15 is 0 Å². The molecular formula is C18H23N3O3. The van der Waals surface area contributed by atoms with E-state index in [9.17, 15) is 9.59 Å². The average molecular weight is 329 g/mol. The lowest BCUT2D eigenvalue weighted by Crippen LogP contribution is -2.41. The lowest BCUT2D eigenvalue weighted by atomic mass is 9.97. The van der Waals surface area contributed by atoms with Crippen LogP contribution in [0.1, 0.15) is 41.5 Å². The van der Waals surface area contributed by atoms with Crippen molar-refractivity contribution in [3.05, 3.63) is 35.3 Å². The number of fused-ring (bicyclic) bond motifs is 1. The molecule has 2 aromatic heterocycles. The van der Waals surface area contributed by atoms with Crippen LogP contribution in [0.4, 0.5) is 0 Å². The summed E-state index contributed by atoms with van der Waals surface area (Å²) in [7, 11) is 0. The molecule has 1 aliphatic rings. The molecule has 0 saturated carbocycles. The third-order valence-electron chi connectivity index (χ3n) is 4.56. The highest BCUT2D eigenvalue weighted by molar-refractivity contribution is 5.95. The van der Waals surface area contributed by atoms with Crippen molar-refractivity contribution in [3.63, 3.8) is 0 Å². The van der Waals surface area contributed by atoms with Crippen LogP contribution in [0, 0.1) is 19.8 Å². The number of hydrogen-bond acceptors (Lipinski definition) is 4. The van der Waals surface area contributed by atoms with Gasteiger partial charge in [0.1, 0.15) is 11.3 Å². The quantitative estimate of drug-likeness (QED) is 0.811. The summed E-state index contributed by atoms with van der Waals surface area (Å²) in [6, 6.07) is 3.94. The SMILES string of the molecule is CCOC(=O)C1CCN(C(=O)c2c(C)nc3cc(C)ccn23)CC1. The van der Waals surface area contributed by atoms with Crippen molar-refractivity contribution in [1.29, 1.82) is 0 Å². The molecule has 0 bridgehead atoms. The largest absolute Gasteiger partial charge is 0.466 e. The standard InChI is InChI=1S/C18H23N3O3/c1-4-24-18(23)14-6-8-20(9-7-14)17(22)16-13(3)19-15-11-12(2)5-10-21(15)16/h5,10-11,14H,4,6-9H2,1-3H3. The number of amides is 1. The van der Waals surface area contributed by atoms with Gasteiger partial charge in [0.25, 0.3) is 5.91 Å². The lowest BCUT2D eigenvalue weighted by molar-refractivity contribution is -0.149. The summed E-state index contributed by atoms with van der Waals surface area (Å²) in [5.74, 6) is -0.267. The molecule has 1 aliphatic heterocycles. The number of imidazole rings is 1. The molecular weight excluding hydrogens is 306 g/mol. The third kappa shape index (κ3) is 3.00. The molecule has 0 aliphatic carbocycles. The summed E-state index contributed by atoms with van der Waals surface area (Å²) >= 11 is 0. The summed E-state index contributed by atoms with van der Waals surface area (Å²) in [5.41, 5.74) is 3.25. The molecule has 0 N–H and O–H groups in total. The molecule has 2 aromatic rings. The summed E-state index contributed by atoms with van der Waals surface area (Å²) in [5, 5.41) is 0. The van der Waals surface area contributed by atoms with Crippen LogP contribution in [0.5, 0.6) is 0 Å². The number of esters is 1. The Morgan fingerprint density at radius 3 is 2.67 bits per heavy atom. The maximum Gasteiger partial charge on any atom is 0.309 e. The Balaban J connectivity index is 1.77. The van der Waals surface area contributed by atoms with Crippen LogP contribution in [-0.2, 0) is 9.53 Å². The highest BCUT2D eigenvalue weighted by atomic mass is 16.5. The van der Waals surface area contributed by atoms with Gasteiger partial charge in [-0.25, -0.2) is 4.98 Å². The number of pyridine rings is 1. The average Bonchev–Trinajstić information content (AvgIpc) is 2.89.